The normalized spacial score (nSPS) is 16.4. The van der Waals surface area contributed by atoms with Crippen molar-refractivity contribution in [2.45, 2.75) is 162 Å². The molecule has 8 nitrogen and oxygen atoms in total. The summed E-state index contributed by atoms with van der Waals surface area (Å²) in [6, 6.07) is 11.5. The predicted octanol–water partition coefficient (Wildman–Crippen LogP) is 11.3. The molecule has 4 rings (SSSR count). The lowest BCUT2D eigenvalue weighted by Crippen LogP contribution is -2.51. The quantitative estimate of drug-likeness (QED) is 0.0692. The first-order valence-electron chi connectivity index (χ1n) is 20.4. The maximum absolute atomic E-state index is 14.0. The number of thiol groups is 1. The van der Waals surface area contributed by atoms with Crippen molar-refractivity contribution in [1.82, 2.24) is 14.5 Å². The zero-order chi connectivity index (χ0) is 39.6. The highest BCUT2D eigenvalue weighted by atomic mass is 32.1. The van der Waals surface area contributed by atoms with Crippen molar-refractivity contribution < 1.29 is 24.5 Å². The van der Waals surface area contributed by atoms with Gasteiger partial charge in [-0.2, -0.15) is 0 Å². The number of nitrogens with zero attached hydrogens (tertiary/aromatic N) is 3. The molecular weight excluding hydrogens is 695 g/mol. The van der Waals surface area contributed by atoms with Crippen LogP contribution in [0.5, 0.6) is 5.75 Å². The van der Waals surface area contributed by atoms with Crippen LogP contribution in [0.1, 0.15) is 142 Å². The number of hydrogen-bond donors (Lipinski definition) is 3. The summed E-state index contributed by atoms with van der Waals surface area (Å²) >= 11 is 4.76. The number of carboxylic acid groups (broad SMARTS) is 2. The molecule has 2 N–H and O–H groups in total. The zero-order valence-electron chi connectivity index (χ0n) is 34.1. The highest BCUT2D eigenvalue weighted by molar-refractivity contribution is 7.80. The number of aliphatic carboxylic acids is 2. The minimum atomic E-state index is -1.54. The van der Waals surface area contributed by atoms with E-state index in [4.69, 9.17) is 22.3 Å². The van der Waals surface area contributed by atoms with Gasteiger partial charge >= 0.3 is 11.9 Å². The number of unbranched alkanes of at least 4 members (excludes halogenated alkanes) is 12. The lowest BCUT2D eigenvalue weighted by atomic mass is 9.58. The van der Waals surface area contributed by atoms with Crippen LogP contribution in [0.2, 0.25) is 0 Å². The summed E-state index contributed by atoms with van der Waals surface area (Å²) in [6.07, 6.45) is 16.9. The Morgan fingerprint density at radius 3 is 1.93 bits per heavy atom. The fourth-order valence-corrected chi connectivity index (χ4v) is 9.22. The summed E-state index contributed by atoms with van der Waals surface area (Å²) in [5, 5.41) is 23.1. The van der Waals surface area contributed by atoms with Gasteiger partial charge in [-0.25, -0.2) is 14.6 Å². The second-order valence-electron chi connectivity index (χ2n) is 15.8. The number of fused-ring (bicyclic) bond motifs is 1. The molecule has 2 aromatic carbocycles. The average molecular weight is 760 g/mol. The standard InChI is InChI=1S/C45H65N3O5S/c1-9-10-11-12-13-14-15-16-17-18-19-20-21-23-34-24-22-25-38(53-8)40(34)45(30(2)3)39(42(49)50)33(7)48(31(4)5)37(41(45)43(51)52)29-47-36-27-26-32(6)28-35(36)46-44(47)54/h22,24-28,30-31H,9-21,23,29H2,1-8H3,(H,46,54)(H,49,50)(H,51,52). The van der Waals surface area contributed by atoms with Gasteiger partial charge in [-0.05, 0) is 75.8 Å². The van der Waals surface area contributed by atoms with Gasteiger partial charge in [0.2, 0.25) is 0 Å². The van der Waals surface area contributed by atoms with Crippen molar-refractivity contribution >= 4 is 35.6 Å². The molecule has 0 radical (unpaired) electrons. The van der Waals surface area contributed by atoms with Crippen molar-refractivity contribution in [1.29, 1.82) is 0 Å². The molecule has 0 saturated carbocycles. The summed E-state index contributed by atoms with van der Waals surface area (Å²) < 4.78 is 7.98. The number of allylic oxidation sites excluding steroid dienone is 2. The van der Waals surface area contributed by atoms with Gasteiger partial charge in [0.15, 0.2) is 5.16 Å². The van der Waals surface area contributed by atoms with Gasteiger partial charge in [0.05, 0.1) is 41.2 Å². The average Bonchev–Trinajstić information content (AvgIpc) is 3.42. The number of imidazole rings is 1. The number of rotatable bonds is 22. The van der Waals surface area contributed by atoms with Crippen LogP contribution >= 0.6 is 12.6 Å². The van der Waals surface area contributed by atoms with Crippen LogP contribution in [0.25, 0.3) is 11.0 Å². The monoisotopic (exact) mass is 759 g/mol. The number of carboxylic acids is 2. The van der Waals surface area contributed by atoms with Gasteiger partial charge in [0.1, 0.15) is 5.75 Å². The van der Waals surface area contributed by atoms with Gasteiger partial charge in [0.25, 0.3) is 0 Å². The molecule has 9 heteroatoms. The maximum Gasteiger partial charge on any atom is 0.334 e. The van der Waals surface area contributed by atoms with Crippen molar-refractivity contribution in [2.24, 2.45) is 5.92 Å². The smallest absolute Gasteiger partial charge is 0.334 e. The van der Waals surface area contributed by atoms with Crippen LogP contribution in [-0.4, -0.2) is 49.8 Å². The first kappa shape index (κ1) is 43.0. The SMILES string of the molecule is CCCCCCCCCCCCCCCc1cccc(OC)c1C1(C(C)C)C(C(=O)O)=C(C)N(C(C)C)C(Cn2c(S)nc3cc(C)ccc32)=C1C(=O)O. The Morgan fingerprint density at radius 1 is 0.833 bits per heavy atom. The molecule has 54 heavy (non-hydrogen) atoms. The molecule has 0 amide bonds. The number of methoxy groups -OCH3 is 1. The summed E-state index contributed by atoms with van der Waals surface area (Å²) in [7, 11) is 1.58. The second-order valence-corrected chi connectivity index (χ2v) is 16.2. The highest BCUT2D eigenvalue weighted by Gasteiger charge is 2.56. The predicted molar refractivity (Wildman–Crippen MR) is 223 cm³/mol. The van der Waals surface area contributed by atoms with Crippen LogP contribution in [0.3, 0.4) is 0 Å². The molecular formula is C45H65N3O5S. The summed E-state index contributed by atoms with van der Waals surface area (Å²) in [5.74, 6) is -2.26. The Morgan fingerprint density at radius 2 is 1.41 bits per heavy atom. The zero-order valence-corrected chi connectivity index (χ0v) is 35.0. The van der Waals surface area contributed by atoms with Crippen molar-refractivity contribution in [3.8, 4) is 5.75 Å². The topological polar surface area (TPSA) is 105 Å². The third-order valence-corrected chi connectivity index (χ3v) is 11.7. The lowest BCUT2D eigenvalue weighted by Gasteiger charge is -2.49. The number of aromatic nitrogens is 2. The third-order valence-electron chi connectivity index (χ3n) is 11.4. The van der Waals surface area contributed by atoms with Crippen LogP contribution in [0.15, 0.2) is 64.1 Å². The summed E-state index contributed by atoms with van der Waals surface area (Å²) in [5.41, 5.74) is 3.82. The van der Waals surface area contributed by atoms with Gasteiger partial charge < -0.3 is 24.4 Å². The molecule has 0 bridgehead atoms. The van der Waals surface area contributed by atoms with E-state index in [2.05, 4.69) is 6.92 Å². The van der Waals surface area contributed by atoms with E-state index >= 15 is 0 Å². The van der Waals surface area contributed by atoms with Crippen molar-refractivity contribution in [3.05, 3.63) is 75.6 Å². The summed E-state index contributed by atoms with van der Waals surface area (Å²) in [4.78, 5) is 34.3. The second kappa shape index (κ2) is 19.7. The maximum atomic E-state index is 14.0. The number of carbonyl (C=O) groups is 2. The number of ether oxygens (including phenoxy) is 1. The number of benzene rings is 2. The fourth-order valence-electron chi connectivity index (χ4n) is 8.94. The van der Waals surface area contributed by atoms with E-state index in [-0.39, 0.29) is 23.7 Å². The van der Waals surface area contributed by atoms with Gasteiger partial charge in [0, 0.05) is 23.0 Å². The molecule has 1 atom stereocenters. The Labute approximate surface area is 329 Å². The molecule has 0 spiro atoms. The molecule has 296 valence electrons. The Balaban J connectivity index is 1.77. The van der Waals surface area contributed by atoms with Crippen molar-refractivity contribution in [2.75, 3.05) is 7.11 Å². The molecule has 0 fully saturated rings. The van der Waals surface area contributed by atoms with Crippen LogP contribution < -0.4 is 4.74 Å². The third kappa shape index (κ3) is 9.21. The molecule has 2 heterocycles. The molecule has 1 aromatic heterocycles. The first-order valence-corrected chi connectivity index (χ1v) is 20.8. The number of hydrogen-bond acceptors (Lipinski definition) is 6. The molecule has 1 aliphatic heterocycles. The van der Waals surface area contributed by atoms with Gasteiger partial charge in [-0.3, -0.25) is 0 Å². The molecule has 3 aromatic rings. The van der Waals surface area contributed by atoms with Crippen LogP contribution in [0, 0.1) is 12.8 Å². The van der Waals surface area contributed by atoms with E-state index in [1.807, 2.05) is 87.4 Å². The van der Waals surface area contributed by atoms with Crippen LogP contribution in [-0.2, 0) is 28.0 Å². The first-order chi connectivity index (χ1) is 25.8. The largest absolute Gasteiger partial charge is 0.496 e. The van der Waals surface area contributed by atoms with Gasteiger partial charge in [-0.1, -0.05) is 116 Å². The van der Waals surface area contributed by atoms with E-state index in [1.165, 1.54) is 64.2 Å². The van der Waals surface area contributed by atoms with Gasteiger partial charge in [-0.15, -0.1) is 12.6 Å². The van der Waals surface area contributed by atoms with E-state index in [0.29, 0.717) is 34.3 Å². The van der Waals surface area contributed by atoms with E-state index in [9.17, 15) is 19.8 Å². The highest BCUT2D eigenvalue weighted by Crippen LogP contribution is 2.56. The Bertz CT molecular complexity index is 1820. The fraction of sp³-hybridized carbons (Fsp3) is 0.578. The minimum Gasteiger partial charge on any atom is -0.496 e. The summed E-state index contributed by atoms with van der Waals surface area (Å²) in [6.45, 7) is 14.0. The molecule has 0 aliphatic carbocycles. The molecule has 1 unspecified atom stereocenters. The molecule has 1 aliphatic rings. The molecule has 0 saturated heterocycles. The minimum absolute atomic E-state index is 0.0482. The Kier molecular flexibility index (Phi) is 15.7. The van der Waals surface area contributed by atoms with E-state index in [0.717, 1.165) is 41.4 Å². The van der Waals surface area contributed by atoms with Crippen LogP contribution in [0.4, 0.5) is 0 Å². The van der Waals surface area contributed by atoms with Crippen molar-refractivity contribution in [3.63, 3.8) is 0 Å². The number of aryl methyl sites for hydroxylation is 2. The lowest BCUT2D eigenvalue weighted by molar-refractivity contribution is -0.135. The Hall–Kier alpha value is -3.72. The van der Waals surface area contributed by atoms with E-state index < -0.39 is 23.3 Å². The van der Waals surface area contributed by atoms with E-state index in [1.54, 1.807) is 7.11 Å².